The molecule has 0 radical (unpaired) electrons. The van der Waals surface area contributed by atoms with Crippen molar-refractivity contribution in [2.45, 2.75) is 0 Å². The van der Waals surface area contributed by atoms with Crippen molar-refractivity contribution < 1.29 is 0 Å². The van der Waals surface area contributed by atoms with E-state index in [1.165, 1.54) is 0 Å². The van der Waals surface area contributed by atoms with Crippen molar-refractivity contribution >= 4 is 45.3 Å². The second-order valence-corrected chi connectivity index (χ2v) is 8.41. The summed E-state index contributed by atoms with van der Waals surface area (Å²) in [4.78, 5) is 14.0. The summed E-state index contributed by atoms with van der Waals surface area (Å²) < 4.78 is 0. The van der Waals surface area contributed by atoms with E-state index >= 15 is 0 Å². The van der Waals surface area contributed by atoms with Crippen LogP contribution in [-0.4, -0.2) is 9.97 Å². The number of hydrogen-bond donors (Lipinski definition) is 0. The fourth-order valence-electron chi connectivity index (χ4n) is 4.40. The molecule has 4 heteroatoms. The number of hydrogen-bond acceptors (Lipinski definition) is 4. The molecule has 0 spiro atoms. The molecule has 0 aliphatic carbocycles. The van der Waals surface area contributed by atoms with E-state index in [1.54, 1.807) is 0 Å². The molecule has 36 heavy (non-hydrogen) atoms. The Morgan fingerprint density at radius 2 is 0.750 bits per heavy atom. The molecule has 1 aromatic heterocycles. The summed E-state index contributed by atoms with van der Waals surface area (Å²) in [6.07, 6.45) is 1.84. The van der Waals surface area contributed by atoms with Crippen LogP contribution < -0.4 is 9.80 Å². The Morgan fingerprint density at radius 1 is 0.361 bits per heavy atom. The lowest BCUT2D eigenvalue weighted by Crippen LogP contribution is -2.13. The van der Waals surface area contributed by atoms with Gasteiger partial charge in [-0.25, -0.2) is 4.98 Å². The van der Waals surface area contributed by atoms with Crippen LogP contribution in [0.25, 0.3) is 11.0 Å². The maximum Gasteiger partial charge on any atom is 0.156 e. The second-order valence-electron chi connectivity index (χ2n) is 8.41. The van der Waals surface area contributed by atoms with Gasteiger partial charge in [-0.3, -0.25) is 9.88 Å². The monoisotopic (exact) mass is 464 g/mol. The van der Waals surface area contributed by atoms with E-state index in [1.807, 2.05) is 60.8 Å². The summed E-state index contributed by atoms with van der Waals surface area (Å²) in [6.45, 7) is 0. The molecule has 0 N–H and O–H groups in total. The van der Waals surface area contributed by atoms with Crippen LogP contribution in [0.15, 0.2) is 146 Å². The normalized spacial score (nSPS) is 10.8. The summed E-state index contributed by atoms with van der Waals surface area (Å²) in [5.74, 6) is 0.774. The molecule has 6 aromatic rings. The predicted molar refractivity (Wildman–Crippen MR) is 149 cm³/mol. The molecule has 0 fully saturated rings. The maximum absolute atomic E-state index is 4.93. The minimum absolute atomic E-state index is 0.774. The van der Waals surface area contributed by atoms with Gasteiger partial charge in [-0.2, -0.15) is 0 Å². The zero-order valence-electron chi connectivity index (χ0n) is 19.6. The molecule has 0 unspecified atom stereocenters. The third-order valence-corrected chi connectivity index (χ3v) is 6.07. The zero-order valence-corrected chi connectivity index (χ0v) is 19.6. The van der Waals surface area contributed by atoms with Crippen molar-refractivity contribution in [1.29, 1.82) is 0 Å². The van der Waals surface area contributed by atoms with Crippen LogP contribution in [0.4, 0.5) is 34.3 Å². The quantitative estimate of drug-likeness (QED) is 0.247. The molecular weight excluding hydrogens is 440 g/mol. The van der Waals surface area contributed by atoms with Gasteiger partial charge in [0.25, 0.3) is 0 Å². The Balaban J connectivity index is 1.44. The first kappa shape index (κ1) is 21.6. The third kappa shape index (κ3) is 4.28. The van der Waals surface area contributed by atoms with Gasteiger partial charge in [0, 0.05) is 28.4 Å². The fraction of sp³-hybridized carbons (Fsp3) is 0. The molecule has 5 aromatic carbocycles. The van der Waals surface area contributed by atoms with Gasteiger partial charge in [-0.15, -0.1) is 0 Å². The first-order chi connectivity index (χ1) is 17.9. The highest BCUT2D eigenvalue weighted by Gasteiger charge is 2.17. The number of benzene rings is 5. The topological polar surface area (TPSA) is 32.3 Å². The van der Waals surface area contributed by atoms with Crippen LogP contribution >= 0.6 is 0 Å². The smallest absolute Gasteiger partial charge is 0.156 e. The van der Waals surface area contributed by atoms with E-state index in [2.05, 4.69) is 99.7 Å². The van der Waals surface area contributed by atoms with Crippen molar-refractivity contribution in [3.05, 3.63) is 146 Å². The third-order valence-electron chi connectivity index (χ3n) is 6.07. The Bertz CT molecular complexity index is 1530. The lowest BCUT2D eigenvalue weighted by molar-refractivity contribution is 1.17. The Morgan fingerprint density at radius 3 is 1.28 bits per heavy atom. The van der Waals surface area contributed by atoms with Crippen molar-refractivity contribution in [2.24, 2.45) is 0 Å². The van der Waals surface area contributed by atoms with Gasteiger partial charge in [-0.1, -0.05) is 66.7 Å². The van der Waals surface area contributed by atoms with E-state index in [4.69, 9.17) is 4.98 Å². The van der Waals surface area contributed by atoms with Gasteiger partial charge < -0.3 is 4.90 Å². The average molecular weight is 465 g/mol. The number of rotatable bonds is 6. The van der Waals surface area contributed by atoms with Gasteiger partial charge in [-0.05, 0) is 72.8 Å². The largest absolute Gasteiger partial charge is 0.311 e. The van der Waals surface area contributed by atoms with Gasteiger partial charge in [0.1, 0.15) is 0 Å². The first-order valence-electron chi connectivity index (χ1n) is 11.9. The Labute approximate surface area is 210 Å². The molecule has 0 saturated heterocycles. The van der Waals surface area contributed by atoms with E-state index in [0.717, 1.165) is 45.3 Å². The molecule has 0 bridgehead atoms. The van der Waals surface area contributed by atoms with Gasteiger partial charge in [0.2, 0.25) is 0 Å². The van der Waals surface area contributed by atoms with E-state index < -0.39 is 0 Å². The van der Waals surface area contributed by atoms with Gasteiger partial charge in [0.15, 0.2) is 5.82 Å². The van der Waals surface area contributed by atoms with E-state index in [0.29, 0.717) is 0 Å². The predicted octanol–water partition coefficient (Wildman–Crippen LogP) is 8.57. The summed E-state index contributed by atoms with van der Waals surface area (Å²) in [7, 11) is 0. The average Bonchev–Trinajstić information content (AvgIpc) is 2.96. The SMILES string of the molecule is c1ccc(N(c2ccccc2)c2ccc(N(c3ccccc3)c3cnc4ccccc4n3)cc2)cc1. The lowest BCUT2D eigenvalue weighted by atomic mass is 10.1. The highest BCUT2D eigenvalue weighted by molar-refractivity contribution is 5.82. The summed E-state index contributed by atoms with van der Waals surface area (Å²) in [5.41, 5.74) is 7.08. The molecule has 4 nitrogen and oxygen atoms in total. The van der Waals surface area contributed by atoms with Gasteiger partial charge in [0.05, 0.1) is 17.2 Å². The minimum Gasteiger partial charge on any atom is -0.311 e. The Kier molecular flexibility index (Phi) is 5.83. The molecule has 0 aliphatic rings. The summed E-state index contributed by atoms with van der Waals surface area (Å²) in [5, 5.41) is 0. The fourth-order valence-corrected chi connectivity index (χ4v) is 4.40. The minimum atomic E-state index is 0.774. The molecule has 0 saturated carbocycles. The van der Waals surface area contributed by atoms with Crippen molar-refractivity contribution in [3.63, 3.8) is 0 Å². The summed E-state index contributed by atoms with van der Waals surface area (Å²) in [6, 6.07) is 47.7. The molecule has 0 amide bonds. The van der Waals surface area contributed by atoms with Gasteiger partial charge >= 0.3 is 0 Å². The zero-order chi connectivity index (χ0) is 24.2. The molecular formula is C32H24N4. The molecule has 172 valence electrons. The molecule has 0 aliphatic heterocycles. The lowest BCUT2D eigenvalue weighted by Gasteiger charge is -2.27. The van der Waals surface area contributed by atoms with Crippen LogP contribution in [0, 0.1) is 0 Å². The van der Waals surface area contributed by atoms with Crippen molar-refractivity contribution in [2.75, 3.05) is 9.80 Å². The van der Waals surface area contributed by atoms with Crippen LogP contribution in [0.2, 0.25) is 0 Å². The molecule has 1 heterocycles. The number of para-hydroxylation sites is 5. The Hall–Kier alpha value is -4.96. The maximum atomic E-state index is 4.93. The molecule has 0 atom stereocenters. The number of aromatic nitrogens is 2. The van der Waals surface area contributed by atoms with Crippen LogP contribution in [0.5, 0.6) is 0 Å². The first-order valence-corrected chi connectivity index (χ1v) is 11.9. The van der Waals surface area contributed by atoms with Crippen LogP contribution in [-0.2, 0) is 0 Å². The standard InChI is InChI=1S/C32H24N4/c1-4-12-25(13-5-1)35(26-14-6-2-7-15-26)28-20-22-29(23-21-28)36(27-16-8-3-9-17-27)32-24-33-30-18-10-11-19-31(30)34-32/h1-24H. The van der Waals surface area contributed by atoms with E-state index in [9.17, 15) is 0 Å². The van der Waals surface area contributed by atoms with Crippen molar-refractivity contribution in [3.8, 4) is 0 Å². The van der Waals surface area contributed by atoms with Crippen LogP contribution in [0.3, 0.4) is 0 Å². The molecule has 6 rings (SSSR count). The number of nitrogens with zero attached hydrogens (tertiary/aromatic N) is 4. The number of fused-ring (bicyclic) bond motifs is 1. The highest BCUT2D eigenvalue weighted by atomic mass is 15.2. The second kappa shape index (κ2) is 9.72. The van der Waals surface area contributed by atoms with Crippen molar-refractivity contribution in [1.82, 2.24) is 9.97 Å². The number of anilines is 6. The summed E-state index contributed by atoms with van der Waals surface area (Å²) >= 11 is 0. The van der Waals surface area contributed by atoms with Crippen LogP contribution in [0.1, 0.15) is 0 Å². The van der Waals surface area contributed by atoms with E-state index in [-0.39, 0.29) is 0 Å². The highest BCUT2D eigenvalue weighted by Crippen LogP contribution is 2.38.